The Morgan fingerprint density at radius 1 is 1.26 bits per heavy atom. The number of aromatic hydroxyl groups is 1. The van der Waals surface area contributed by atoms with Crippen LogP contribution in [-0.2, 0) is 4.74 Å². The van der Waals surface area contributed by atoms with Crippen molar-refractivity contribution in [1.29, 1.82) is 0 Å². The third-order valence-corrected chi connectivity index (χ3v) is 3.07. The van der Waals surface area contributed by atoms with Crippen molar-refractivity contribution in [2.45, 2.75) is 32.6 Å². The van der Waals surface area contributed by atoms with Gasteiger partial charge < -0.3 is 9.84 Å². The van der Waals surface area contributed by atoms with Crippen molar-refractivity contribution in [2.75, 3.05) is 11.9 Å². The fourth-order valence-corrected chi connectivity index (χ4v) is 1.97. The van der Waals surface area contributed by atoms with Gasteiger partial charge >= 0.3 is 6.09 Å². The highest BCUT2D eigenvalue weighted by Gasteiger charge is 2.09. The highest BCUT2D eigenvalue weighted by molar-refractivity contribution is 6.37. The number of carbonyl (C=O) groups is 1. The van der Waals surface area contributed by atoms with E-state index in [-0.39, 0.29) is 15.8 Å². The van der Waals surface area contributed by atoms with Gasteiger partial charge in [-0.3, -0.25) is 5.32 Å². The molecule has 19 heavy (non-hydrogen) atoms. The second kappa shape index (κ2) is 8.12. The van der Waals surface area contributed by atoms with Crippen molar-refractivity contribution in [3.05, 3.63) is 22.2 Å². The van der Waals surface area contributed by atoms with E-state index in [0.717, 1.165) is 25.7 Å². The lowest BCUT2D eigenvalue weighted by atomic mass is 10.2. The molecule has 4 nitrogen and oxygen atoms in total. The summed E-state index contributed by atoms with van der Waals surface area (Å²) >= 11 is 11.5. The molecule has 0 fully saturated rings. The molecule has 2 N–H and O–H groups in total. The van der Waals surface area contributed by atoms with Crippen molar-refractivity contribution in [1.82, 2.24) is 0 Å². The van der Waals surface area contributed by atoms with Crippen LogP contribution < -0.4 is 5.32 Å². The molecular formula is C13H17Cl2NO3. The molecule has 0 atom stereocenters. The molecule has 0 aliphatic carbocycles. The molecule has 1 amide bonds. The lowest BCUT2D eigenvalue weighted by molar-refractivity contribution is 0.159. The van der Waals surface area contributed by atoms with Crippen molar-refractivity contribution >= 4 is 35.0 Å². The molecule has 0 heterocycles. The molecule has 0 aliphatic heterocycles. The summed E-state index contributed by atoms with van der Waals surface area (Å²) in [5.74, 6) is -0.207. The number of halogens is 2. The molecule has 0 aromatic heterocycles. The minimum Gasteiger partial charge on any atom is -0.505 e. The van der Waals surface area contributed by atoms with Crippen LogP contribution in [-0.4, -0.2) is 17.8 Å². The molecule has 0 saturated carbocycles. The topological polar surface area (TPSA) is 58.6 Å². The molecular weight excluding hydrogens is 289 g/mol. The molecule has 0 unspecified atom stereocenters. The van der Waals surface area contributed by atoms with E-state index in [2.05, 4.69) is 12.2 Å². The number of hydrogen-bond donors (Lipinski definition) is 2. The molecule has 0 radical (unpaired) electrons. The molecule has 106 valence electrons. The fourth-order valence-electron chi connectivity index (χ4n) is 1.49. The average Bonchev–Trinajstić information content (AvgIpc) is 2.35. The number of phenolic OH excluding ortho intramolecular Hbond substituents is 1. The summed E-state index contributed by atoms with van der Waals surface area (Å²) in [6, 6.07) is 2.81. The lowest BCUT2D eigenvalue weighted by Gasteiger charge is -2.08. The van der Waals surface area contributed by atoms with E-state index in [0.29, 0.717) is 12.3 Å². The van der Waals surface area contributed by atoms with Crippen molar-refractivity contribution in [3.63, 3.8) is 0 Å². The zero-order valence-electron chi connectivity index (χ0n) is 10.7. The normalized spacial score (nSPS) is 10.3. The summed E-state index contributed by atoms with van der Waals surface area (Å²) in [6.45, 7) is 2.50. The summed E-state index contributed by atoms with van der Waals surface area (Å²) in [5.41, 5.74) is 0.381. The van der Waals surface area contributed by atoms with E-state index in [1.807, 2.05) is 0 Å². The monoisotopic (exact) mass is 305 g/mol. The predicted molar refractivity (Wildman–Crippen MR) is 77.2 cm³/mol. The number of unbranched alkanes of at least 4 members (excludes halogenated alkanes) is 3. The number of amides is 1. The van der Waals surface area contributed by atoms with E-state index >= 15 is 0 Å². The maximum atomic E-state index is 11.5. The van der Waals surface area contributed by atoms with Gasteiger partial charge in [0.25, 0.3) is 0 Å². The van der Waals surface area contributed by atoms with Crippen LogP contribution in [0.5, 0.6) is 5.75 Å². The van der Waals surface area contributed by atoms with Gasteiger partial charge in [0.1, 0.15) is 0 Å². The first kappa shape index (κ1) is 15.9. The Labute approximate surface area is 122 Å². The van der Waals surface area contributed by atoms with Crippen LogP contribution in [0.1, 0.15) is 32.6 Å². The molecule has 0 saturated heterocycles. The van der Waals surface area contributed by atoms with E-state index < -0.39 is 6.09 Å². The van der Waals surface area contributed by atoms with Crippen LogP contribution in [0.4, 0.5) is 10.5 Å². The van der Waals surface area contributed by atoms with Crippen molar-refractivity contribution in [3.8, 4) is 5.75 Å². The van der Waals surface area contributed by atoms with Crippen LogP contribution >= 0.6 is 23.2 Å². The summed E-state index contributed by atoms with van der Waals surface area (Å²) < 4.78 is 5.00. The molecule has 6 heteroatoms. The zero-order chi connectivity index (χ0) is 14.3. The molecule has 1 aromatic rings. The van der Waals surface area contributed by atoms with E-state index in [9.17, 15) is 9.90 Å². The SMILES string of the molecule is CCCCCCOC(=O)Nc1cc(Cl)c(O)c(Cl)c1. The van der Waals surface area contributed by atoms with Gasteiger partial charge in [-0.1, -0.05) is 49.4 Å². The summed E-state index contributed by atoms with van der Waals surface area (Å²) in [6.07, 6.45) is 3.60. The van der Waals surface area contributed by atoms with Gasteiger partial charge in [-0.2, -0.15) is 0 Å². The van der Waals surface area contributed by atoms with Gasteiger partial charge in [0.05, 0.1) is 16.7 Å². The minimum absolute atomic E-state index is 0.0748. The first-order valence-electron chi connectivity index (χ1n) is 6.16. The smallest absolute Gasteiger partial charge is 0.411 e. The molecule has 0 spiro atoms. The van der Waals surface area contributed by atoms with Gasteiger partial charge in [-0.15, -0.1) is 0 Å². The number of benzene rings is 1. The first-order chi connectivity index (χ1) is 9.04. The zero-order valence-corrected chi connectivity index (χ0v) is 12.2. The van der Waals surface area contributed by atoms with E-state index in [4.69, 9.17) is 27.9 Å². The van der Waals surface area contributed by atoms with Crippen molar-refractivity contribution < 1.29 is 14.6 Å². The molecule has 1 aromatic carbocycles. The van der Waals surface area contributed by atoms with Gasteiger partial charge in [-0.05, 0) is 18.6 Å². The lowest BCUT2D eigenvalue weighted by Crippen LogP contribution is -2.14. The standard InChI is InChI=1S/C13H17Cl2NO3/c1-2-3-4-5-6-19-13(18)16-9-7-10(14)12(17)11(15)8-9/h7-8,17H,2-6H2,1H3,(H,16,18). The van der Waals surface area contributed by atoms with E-state index in [1.54, 1.807) is 0 Å². The van der Waals surface area contributed by atoms with Crippen LogP contribution in [0.3, 0.4) is 0 Å². The summed E-state index contributed by atoms with van der Waals surface area (Å²) in [4.78, 5) is 11.5. The van der Waals surface area contributed by atoms with Crippen LogP contribution in [0, 0.1) is 0 Å². The van der Waals surface area contributed by atoms with Crippen molar-refractivity contribution in [2.24, 2.45) is 0 Å². The first-order valence-corrected chi connectivity index (χ1v) is 6.92. The highest BCUT2D eigenvalue weighted by atomic mass is 35.5. The highest BCUT2D eigenvalue weighted by Crippen LogP contribution is 2.34. The Morgan fingerprint density at radius 3 is 2.47 bits per heavy atom. The second-order valence-corrected chi connectivity index (χ2v) is 4.92. The Kier molecular flexibility index (Phi) is 6.81. The average molecular weight is 306 g/mol. The quantitative estimate of drug-likeness (QED) is 0.584. The van der Waals surface area contributed by atoms with Crippen LogP contribution in [0.25, 0.3) is 0 Å². The third kappa shape index (κ3) is 5.57. The molecule has 1 rings (SSSR count). The van der Waals surface area contributed by atoms with Gasteiger partial charge in [0.15, 0.2) is 5.75 Å². The van der Waals surface area contributed by atoms with Gasteiger partial charge in [0, 0.05) is 5.69 Å². The number of carbonyl (C=O) groups excluding carboxylic acids is 1. The Hall–Kier alpha value is -1.13. The van der Waals surface area contributed by atoms with E-state index in [1.165, 1.54) is 12.1 Å². The second-order valence-electron chi connectivity index (χ2n) is 4.11. The largest absolute Gasteiger partial charge is 0.505 e. The van der Waals surface area contributed by atoms with Gasteiger partial charge in [0.2, 0.25) is 0 Å². The maximum Gasteiger partial charge on any atom is 0.411 e. The molecule has 0 aliphatic rings. The Bertz CT molecular complexity index is 415. The van der Waals surface area contributed by atoms with Crippen LogP contribution in [0.2, 0.25) is 10.0 Å². The van der Waals surface area contributed by atoms with Gasteiger partial charge in [-0.25, -0.2) is 4.79 Å². The minimum atomic E-state index is -0.561. The number of nitrogens with one attached hydrogen (secondary N) is 1. The Balaban J connectivity index is 2.40. The fraction of sp³-hybridized carbons (Fsp3) is 0.462. The Morgan fingerprint density at radius 2 is 1.89 bits per heavy atom. The number of anilines is 1. The number of hydrogen-bond acceptors (Lipinski definition) is 3. The number of ether oxygens (including phenoxy) is 1. The molecule has 0 bridgehead atoms. The number of phenols is 1. The predicted octanol–water partition coefficient (Wildman–Crippen LogP) is 4.83. The van der Waals surface area contributed by atoms with Crippen LogP contribution in [0.15, 0.2) is 12.1 Å². The third-order valence-electron chi connectivity index (χ3n) is 2.49. The number of rotatable bonds is 6. The maximum absolute atomic E-state index is 11.5. The summed E-state index contributed by atoms with van der Waals surface area (Å²) in [7, 11) is 0. The summed E-state index contributed by atoms with van der Waals surface area (Å²) in [5, 5.41) is 12.0.